The molecule has 1 fully saturated rings. The van der Waals surface area contributed by atoms with Crippen LogP contribution >= 0.6 is 11.6 Å². The zero-order valence-electron chi connectivity index (χ0n) is 11.2. The lowest BCUT2D eigenvalue weighted by atomic mass is 10.2. The number of rotatable bonds is 6. The molecule has 0 spiro atoms. The summed E-state index contributed by atoms with van der Waals surface area (Å²) in [4.78, 5) is 10.6. The van der Waals surface area contributed by atoms with E-state index < -0.39 is 4.92 Å². The SMILES string of the molecule is O=[N+]([O-])c1ccc(Cl)cc1Cn1cc(CNC2CC2)nn1. The molecule has 1 aromatic carbocycles. The lowest BCUT2D eigenvalue weighted by Crippen LogP contribution is -2.15. The molecule has 0 saturated heterocycles. The third kappa shape index (κ3) is 3.56. The van der Waals surface area contributed by atoms with Crippen molar-refractivity contribution < 1.29 is 4.92 Å². The minimum atomic E-state index is -0.419. The fraction of sp³-hybridized carbons (Fsp3) is 0.385. The van der Waals surface area contributed by atoms with E-state index in [4.69, 9.17) is 11.6 Å². The van der Waals surface area contributed by atoms with Crippen LogP contribution in [0.25, 0.3) is 0 Å². The number of benzene rings is 1. The van der Waals surface area contributed by atoms with Crippen LogP contribution in [-0.2, 0) is 13.1 Å². The van der Waals surface area contributed by atoms with E-state index in [0.717, 1.165) is 5.69 Å². The van der Waals surface area contributed by atoms with Crippen molar-refractivity contribution in [3.8, 4) is 0 Å². The quantitative estimate of drug-likeness (QED) is 0.652. The highest BCUT2D eigenvalue weighted by Crippen LogP contribution is 2.23. The lowest BCUT2D eigenvalue weighted by molar-refractivity contribution is -0.385. The van der Waals surface area contributed by atoms with Crippen LogP contribution in [0.5, 0.6) is 0 Å². The molecule has 21 heavy (non-hydrogen) atoms. The number of nitrogens with zero attached hydrogens (tertiary/aromatic N) is 4. The molecule has 0 atom stereocenters. The highest BCUT2D eigenvalue weighted by Gasteiger charge is 2.20. The maximum atomic E-state index is 11.0. The highest BCUT2D eigenvalue weighted by molar-refractivity contribution is 6.30. The Morgan fingerprint density at radius 3 is 3.00 bits per heavy atom. The molecule has 1 aliphatic carbocycles. The van der Waals surface area contributed by atoms with Crippen molar-refractivity contribution in [1.82, 2.24) is 20.3 Å². The monoisotopic (exact) mass is 307 g/mol. The molecule has 3 rings (SSSR count). The average Bonchev–Trinajstić information content (AvgIpc) is 3.16. The second-order valence-corrected chi connectivity index (χ2v) is 5.53. The molecule has 1 aliphatic rings. The van der Waals surface area contributed by atoms with Crippen molar-refractivity contribution >= 4 is 17.3 Å². The predicted octanol–water partition coefficient (Wildman–Crippen LogP) is 2.14. The molecule has 7 nitrogen and oxygen atoms in total. The van der Waals surface area contributed by atoms with Crippen LogP contribution in [0.4, 0.5) is 5.69 Å². The van der Waals surface area contributed by atoms with E-state index in [2.05, 4.69) is 15.6 Å². The topological polar surface area (TPSA) is 85.9 Å². The van der Waals surface area contributed by atoms with Crippen molar-refractivity contribution in [2.45, 2.75) is 32.0 Å². The molecular formula is C13H14ClN5O2. The minimum absolute atomic E-state index is 0.0348. The van der Waals surface area contributed by atoms with Gasteiger partial charge in [-0.1, -0.05) is 16.8 Å². The Bertz CT molecular complexity index is 668. The van der Waals surface area contributed by atoms with E-state index in [1.807, 2.05) is 0 Å². The van der Waals surface area contributed by atoms with Gasteiger partial charge in [0.05, 0.1) is 28.9 Å². The van der Waals surface area contributed by atoms with E-state index in [1.165, 1.54) is 25.0 Å². The van der Waals surface area contributed by atoms with E-state index in [9.17, 15) is 10.1 Å². The van der Waals surface area contributed by atoms with Gasteiger partial charge in [-0.3, -0.25) is 10.1 Å². The summed E-state index contributed by atoms with van der Waals surface area (Å²) in [5.41, 5.74) is 1.37. The van der Waals surface area contributed by atoms with Crippen LogP contribution in [0.2, 0.25) is 5.02 Å². The lowest BCUT2D eigenvalue weighted by Gasteiger charge is -2.03. The van der Waals surface area contributed by atoms with Gasteiger partial charge in [-0.05, 0) is 25.0 Å². The summed E-state index contributed by atoms with van der Waals surface area (Å²) >= 11 is 5.91. The Balaban J connectivity index is 1.73. The smallest absolute Gasteiger partial charge is 0.274 e. The standard InChI is InChI=1S/C13H14ClN5O2/c14-10-1-4-13(19(20)21)9(5-10)7-18-8-12(16-17-18)6-15-11-2-3-11/h1,4-5,8,11,15H,2-3,6-7H2. The molecule has 1 aromatic heterocycles. The highest BCUT2D eigenvalue weighted by atomic mass is 35.5. The Labute approximate surface area is 126 Å². The van der Waals surface area contributed by atoms with Gasteiger partial charge in [-0.15, -0.1) is 5.10 Å². The van der Waals surface area contributed by atoms with Gasteiger partial charge >= 0.3 is 0 Å². The second kappa shape index (κ2) is 5.79. The van der Waals surface area contributed by atoms with Crippen LogP contribution in [-0.4, -0.2) is 26.0 Å². The number of hydrogen-bond acceptors (Lipinski definition) is 5. The summed E-state index contributed by atoms with van der Waals surface area (Å²) in [6, 6.07) is 5.10. The summed E-state index contributed by atoms with van der Waals surface area (Å²) in [6.45, 7) is 0.940. The molecule has 1 heterocycles. The van der Waals surface area contributed by atoms with Crippen molar-refractivity contribution in [2.75, 3.05) is 0 Å². The van der Waals surface area contributed by atoms with Crippen LogP contribution < -0.4 is 5.32 Å². The maximum absolute atomic E-state index is 11.0. The van der Waals surface area contributed by atoms with Gasteiger partial charge in [-0.2, -0.15) is 0 Å². The fourth-order valence-corrected chi connectivity index (χ4v) is 2.26. The van der Waals surface area contributed by atoms with Gasteiger partial charge in [0.2, 0.25) is 0 Å². The van der Waals surface area contributed by atoms with E-state index in [0.29, 0.717) is 23.2 Å². The first-order chi connectivity index (χ1) is 10.1. The largest absolute Gasteiger partial charge is 0.308 e. The molecule has 1 saturated carbocycles. The third-order valence-electron chi connectivity index (χ3n) is 3.31. The van der Waals surface area contributed by atoms with Crippen LogP contribution in [0.1, 0.15) is 24.1 Å². The summed E-state index contributed by atoms with van der Waals surface area (Å²) in [5.74, 6) is 0. The normalized spacial score (nSPS) is 14.3. The van der Waals surface area contributed by atoms with Crippen molar-refractivity contribution in [3.63, 3.8) is 0 Å². The summed E-state index contributed by atoms with van der Waals surface area (Å²) in [6.07, 6.45) is 4.21. The molecule has 0 bridgehead atoms. The molecule has 0 aliphatic heterocycles. The maximum Gasteiger partial charge on any atom is 0.274 e. The second-order valence-electron chi connectivity index (χ2n) is 5.09. The van der Waals surface area contributed by atoms with Crippen molar-refractivity contribution in [2.24, 2.45) is 0 Å². The van der Waals surface area contributed by atoms with E-state index >= 15 is 0 Å². The summed E-state index contributed by atoms with van der Waals surface area (Å²) < 4.78 is 1.59. The summed E-state index contributed by atoms with van der Waals surface area (Å²) in [7, 11) is 0. The number of hydrogen-bond donors (Lipinski definition) is 1. The Kier molecular flexibility index (Phi) is 3.85. The first-order valence-corrected chi connectivity index (χ1v) is 7.05. The molecule has 0 amide bonds. The zero-order valence-corrected chi connectivity index (χ0v) is 12.0. The Morgan fingerprint density at radius 2 is 2.29 bits per heavy atom. The first kappa shape index (κ1) is 14.0. The van der Waals surface area contributed by atoms with Gasteiger partial charge in [-0.25, -0.2) is 4.68 Å². The summed E-state index contributed by atoms with van der Waals surface area (Å²) in [5, 5.41) is 22.9. The number of nitrogens with one attached hydrogen (secondary N) is 1. The van der Waals surface area contributed by atoms with Crippen molar-refractivity contribution in [1.29, 1.82) is 0 Å². The third-order valence-corrected chi connectivity index (χ3v) is 3.54. The molecule has 0 unspecified atom stereocenters. The van der Waals surface area contributed by atoms with Gasteiger partial charge in [0.25, 0.3) is 5.69 Å². The van der Waals surface area contributed by atoms with E-state index in [1.54, 1.807) is 16.9 Å². The van der Waals surface area contributed by atoms with Gasteiger partial charge in [0.15, 0.2) is 0 Å². The van der Waals surface area contributed by atoms with Crippen molar-refractivity contribution in [3.05, 3.63) is 50.8 Å². The molecule has 8 heteroatoms. The Morgan fingerprint density at radius 1 is 1.48 bits per heavy atom. The van der Waals surface area contributed by atoms with Crippen LogP contribution in [0.3, 0.4) is 0 Å². The first-order valence-electron chi connectivity index (χ1n) is 6.67. The fourth-order valence-electron chi connectivity index (χ4n) is 2.07. The molecule has 2 aromatic rings. The minimum Gasteiger partial charge on any atom is -0.308 e. The van der Waals surface area contributed by atoms with Gasteiger partial charge < -0.3 is 5.32 Å². The number of halogens is 1. The molecule has 0 radical (unpaired) electrons. The molecular weight excluding hydrogens is 294 g/mol. The molecule has 1 N–H and O–H groups in total. The zero-order chi connectivity index (χ0) is 14.8. The number of nitro benzene ring substituents is 1. The average molecular weight is 308 g/mol. The Hall–Kier alpha value is -1.99. The van der Waals surface area contributed by atoms with Gasteiger partial charge in [0, 0.05) is 23.7 Å². The predicted molar refractivity (Wildman–Crippen MR) is 77.1 cm³/mol. The molecule has 110 valence electrons. The van der Waals surface area contributed by atoms with Gasteiger partial charge in [0.1, 0.15) is 0 Å². The number of aromatic nitrogens is 3. The van der Waals surface area contributed by atoms with E-state index in [-0.39, 0.29) is 12.2 Å². The number of nitro groups is 1. The van der Waals surface area contributed by atoms with Crippen LogP contribution in [0, 0.1) is 10.1 Å². The van der Waals surface area contributed by atoms with Crippen LogP contribution in [0.15, 0.2) is 24.4 Å².